The van der Waals surface area contributed by atoms with Gasteiger partial charge in [-0.05, 0) is 11.1 Å². The number of ketones is 1. The SMILES string of the molecule is CC/C(O)=C1/C(=O)C[C@H](c2ccccc2)C(C#N)(C#N)[C@H]1c1ccccc1. The maximum atomic E-state index is 13.0. The topological polar surface area (TPSA) is 84.9 Å². The third kappa shape index (κ3) is 3.00. The number of nitriles is 2. The van der Waals surface area contributed by atoms with E-state index in [-0.39, 0.29) is 30.0 Å². The monoisotopic (exact) mass is 356 g/mol. The van der Waals surface area contributed by atoms with Gasteiger partial charge in [-0.3, -0.25) is 4.79 Å². The third-order valence-corrected chi connectivity index (χ3v) is 5.33. The van der Waals surface area contributed by atoms with Gasteiger partial charge in [0.1, 0.15) is 0 Å². The van der Waals surface area contributed by atoms with Crippen molar-refractivity contribution in [1.29, 1.82) is 10.5 Å². The molecule has 0 spiro atoms. The number of carbonyl (C=O) groups is 1. The highest BCUT2D eigenvalue weighted by Gasteiger charge is 2.55. The number of aliphatic hydroxyl groups excluding tert-OH is 1. The van der Waals surface area contributed by atoms with Gasteiger partial charge in [-0.2, -0.15) is 10.5 Å². The highest BCUT2D eigenvalue weighted by Crippen LogP contribution is 2.56. The average molecular weight is 356 g/mol. The van der Waals surface area contributed by atoms with E-state index < -0.39 is 17.3 Å². The van der Waals surface area contributed by atoms with Gasteiger partial charge in [0, 0.05) is 30.3 Å². The molecule has 3 rings (SSSR count). The second-order valence-corrected chi connectivity index (χ2v) is 6.74. The lowest BCUT2D eigenvalue weighted by atomic mass is 9.55. The molecule has 0 aliphatic heterocycles. The Morgan fingerprint density at radius 2 is 1.56 bits per heavy atom. The van der Waals surface area contributed by atoms with E-state index in [1.165, 1.54) is 0 Å². The van der Waals surface area contributed by atoms with Gasteiger partial charge in [0.05, 0.1) is 17.9 Å². The van der Waals surface area contributed by atoms with Crippen LogP contribution in [0, 0.1) is 28.1 Å². The lowest BCUT2D eigenvalue weighted by molar-refractivity contribution is -0.118. The Kier molecular flexibility index (Phi) is 5.10. The first kappa shape index (κ1) is 18.4. The molecule has 0 amide bonds. The Morgan fingerprint density at radius 3 is 2.04 bits per heavy atom. The molecule has 1 fully saturated rings. The van der Waals surface area contributed by atoms with Crippen molar-refractivity contribution < 1.29 is 9.90 Å². The van der Waals surface area contributed by atoms with Gasteiger partial charge in [0.2, 0.25) is 0 Å². The molecule has 1 N–H and O–H groups in total. The number of rotatable bonds is 3. The third-order valence-electron chi connectivity index (χ3n) is 5.33. The molecule has 0 aromatic heterocycles. The van der Waals surface area contributed by atoms with E-state index in [0.717, 1.165) is 5.56 Å². The van der Waals surface area contributed by atoms with E-state index in [4.69, 9.17) is 0 Å². The highest BCUT2D eigenvalue weighted by atomic mass is 16.3. The van der Waals surface area contributed by atoms with E-state index in [2.05, 4.69) is 12.1 Å². The molecule has 2 atom stereocenters. The number of nitrogens with zero attached hydrogens (tertiary/aromatic N) is 2. The number of Topliss-reactive ketones (excluding diaryl/α,β-unsaturated/α-hetero) is 1. The summed E-state index contributed by atoms with van der Waals surface area (Å²) in [6.45, 7) is 1.75. The molecular weight excluding hydrogens is 336 g/mol. The van der Waals surface area contributed by atoms with E-state index in [1.807, 2.05) is 48.5 Å². The van der Waals surface area contributed by atoms with Crippen LogP contribution in [0.15, 0.2) is 72.0 Å². The van der Waals surface area contributed by atoms with Crippen LogP contribution in [0.3, 0.4) is 0 Å². The predicted molar refractivity (Wildman–Crippen MR) is 102 cm³/mol. The van der Waals surface area contributed by atoms with Gasteiger partial charge in [-0.25, -0.2) is 0 Å². The summed E-state index contributed by atoms with van der Waals surface area (Å²) < 4.78 is 0. The molecule has 0 heterocycles. The lowest BCUT2D eigenvalue weighted by Gasteiger charge is -2.41. The van der Waals surface area contributed by atoms with Gasteiger partial charge in [-0.1, -0.05) is 67.6 Å². The number of carbonyl (C=O) groups excluding carboxylic acids is 1. The van der Waals surface area contributed by atoms with Crippen LogP contribution in [0.2, 0.25) is 0 Å². The Balaban J connectivity index is 2.32. The molecule has 1 aliphatic carbocycles. The number of benzene rings is 2. The van der Waals surface area contributed by atoms with Crippen molar-refractivity contribution >= 4 is 5.78 Å². The minimum absolute atomic E-state index is 0.0217. The zero-order chi connectivity index (χ0) is 19.4. The van der Waals surface area contributed by atoms with Crippen molar-refractivity contribution in [3.8, 4) is 12.1 Å². The Bertz CT molecular complexity index is 935. The Morgan fingerprint density at radius 1 is 1.04 bits per heavy atom. The molecule has 0 bridgehead atoms. The normalized spacial score (nSPS) is 23.1. The van der Waals surface area contributed by atoms with Crippen molar-refractivity contribution in [1.82, 2.24) is 0 Å². The minimum atomic E-state index is -1.49. The second kappa shape index (κ2) is 7.48. The van der Waals surface area contributed by atoms with Crippen LogP contribution >= 0.6 is 0 Å². The smallest absolute Gasteiger partial charge is 0.163 e. The van der Waals surface area contributed by atoms with Crippen molar-refractivity contribution in [3.63, 3.8) is 0 Å². The molecule has 1 aliphatic rings. The fourth-order valence-electron chi connectivity index (χ4n) is 4.02. The standard InChI is InChI=1S/C23H20N2O2/c1-2-19(26)21-20(27)13-18(16-9-5-3-6-10-16)23(14-24,15-25)22(21)17-11-7-4-8-12-17/h3-12,18,22,26H,2,13H2,1H3/b21-19+/t18-,22+/m1/s1. The van der Waals surface area contributed by atoms with Crippen molar-refractivity contribution in [3.05, 3.63) is 83.1 Å². The summed E-state index contributed by atoms with van der Waals surface area (Å²) in [5.74, 6) is -1.63. The van der Waals surface area contributed by atoms with Gasteiger partial charge in [0.25, 0.3) is 0 Å². The summed E-state index contributed by atoms with van der Waals surface area (Å²) in [4.78, 5) is 13.0. The molecule has 4 nitrogen and oxygen atoms in total. The van der Waals surface area contributed by atoms with E-state index in [0.29, 0.717) is 5.56 Å². The molecule has 0 saturated heterocycles. The highest BCUT2D eigenvalue weighted by molar-refractivity contribution is 6.00. The number of hydrogen-bond donors (Lipinski definition) is 1. The summed E-state index contributed by atoms with van der Waals surface area (Å²) in [5, 5.41) is 30.9. The molecule has 2 aromatic rings. The maximum absolute atomic E-state index is 13.0. The molecule has 1 saturated carbocycles. The largest absolute Gasteiger partial charge is 0.512 e. The quantitative estimate of drug-likeness (QED) is 0.633. The van der Waals surface area contributed by atoms with Gasteiger partial charge in [0.15, 0.2) is 11.2 Å². The number of aliphatic hydroxyl groups is 1. The predicted octanol–water partition coefficient (Wildman–Crippen LogP) is 4.78. The first-order chi connectivity index (χ1) is 13.1. The van der Waals surface area contributed by atoms with Gasteiger partial charge in [-0.15, -0.1) is 0 Å². The summed E-state index contributed by atoms with van der Waals surface area (Å²) in [7, 11) is 0. The second-order valence-electron chi connectivity index (χ2n) is 6.74. The summed E-state index contributed by atoms with van der Waals surface area (Å²) in [5.41, 5.74) is 0.170. The molecule has 2 aromatic carbocycles. The van der Waals surface area contributed by atoms with Crippen molar-refractivity contribution in [2.75, 3.05) is 0 Å². The summed E-state index contributed by atoms with van der Waals surface area (Å²) in [6, 6.07) is 22.8. The van der Waals surface area contributed by atoms with E-state index in [1.54, 1.807) is 19.1 Å². The first-order valence-corrected chi connectivity index (χ1v) is 8.96. The fraction of sp³-hybridized carbons (Fsp3) is 0.261. The molecule has 134 valence electrons. The summed E-state index contributed by atoms with van der Waals surface area (Å²) in [6.07, 6.45) is 0.293. The number of allylic oxidation sites excluding steroid dienone is 2. The first-order valence-electron chi connectivity index (χ1n) is 8.96. The molecule has 0 unspecified atom stereocenters. The average Bonchev–Trinajstić information content (AvgIpc) is 2.73. The fourth-order valence-corrected chi connectivity index (χ4v) is 4.02. The van der Waals surface area contributed by atoms with Crippen molar-refractivity contribution in [2.24, 2.45) is 5.41 Å². The molecule has 4 heteroatoms. The lowest BCUT2D eigenvalue weighted by Crippen LogP contribution is -2.42. The van der Waals surface area contributed by atoms with Crippen LogP contribution in [0.1, 0.15) is 42.7 Å². The Labute approximate surface area is 159 Å². The van der Waals surface area contributed by atoms with Crippen LogP contribution in [0.4, 0.5) is 0 Å². The van der Waals surface area contributed by atoms with Crippen LogP contribution < -0.4 is 0 Å². The molecule has 0 radical (unpaired) electrons. The Hall–Kier alpha value is -3.37. The van der Waals surface area contributed by atoms with Crippen LogP contribution in [0.25, 0.3) is 0 Å². The van der Waals surface area contributed by atoms with Crippen LogP contribution in [0.5, 0.6) is 0 Å². The van der Waals surface area contributed by atoms with Crippen LogP contribution in [-0.4, -0.2) is 10.9 Å². The van der Waals surface area contributed by atoms with Crippen molar-refractivity contribution in [2.45, 2.75) is 31.6 Å². The number of hydrogen-bond acceptors (Lipinski definition) is 4. The zero-order valence-electron chi connectivity index (χ0n) is 15.1. The zero-order valence-corrected chi connectivity index (χ0v) is 15.1. The molecule has 27 heavy (non-hydrogen) atoms. The van der Waals surface area contributed by atoms with Crippen LogP contribution in [-0.2, 0) is 4.79 Å². The minimum Gasteiger partial charge on any atom is -0.512 e. The van der Waals surface area contributed by atoms with Gasteiger partial charge < -0.3 is 5.11 Å². The van der Waals surface area contributed by atoms with E-state index in [9.17, 15) is 20.4 Å². The maximum Gasteiger partial charge on any atom is 0.163 e. The van der Waals surface area contributed by atoms with Gasteiger partial charge >= 0.3 is 0 Å². The van der Waals surface area contributed by atoms with E-state index >= 15 is 0 Å². The molecular formula is C23H20N2O2. The summed E-state index contributed by atoms with van der Waals surface area (Å²) >= 11 is 0.